The van der Waals surface area contributed by atoms with Crippen molar-refractivity contribution < 1.29 is 13.6 Å². The predicted octanol–water partition coefficient (Wildman–Crippen LogP) is 5.83. The highest BCUT2D eigenvalue weighted by molar-refractivity contribution is 6.31. The minimum atomic E-state index is -0.180. The van der Waals surface area contributed by atoms with Gasteiger partial charge in [0, 0.05) is 22.5 Å². The maximum atomic E-state index is 13.3. The van der Waals surface area contributed by atoms with Crippen molar-refractivity contribution in [3.8, 4) is 0 Å². The number of carbonyl (C=O) groups excluding carboxylic acids is 1. The molecule has 0 bridgehead atoms. The standard InChI is InChI=1S/C22H18ClNO3/c1-15-19-12-17(23)9-10-20(19)27-21(15)22(25)24(14-18-8-5-11-26-18)13-16-6-3-2-4-7-16/h2-12H,13-14H2,1H3. The maximum absolute atomic E-state index is 13.3. The average molecular weight is 380 g/mol. The molecule has 0 spiro atoms. The minimum Gasteiger partial charge on any atom is -0.467 e. The molecule has 5 heteroatoms. The summed E-state index contributed by atoms with van der Waals surface area (Å²) in [5, 5.41) is 1.46. The maximum Gasteiger partial charge on any atom is 0.290 e. The zero-order valence-electron chi connectivity index (χ0n) is 14.8. The van der Waals surface area contributed by atoms with Crippen molar-refractivity contribution in [2.24, 2.45) is 0 Å². The first-order chi connectivity index (χ1) is 13.1. The molecule has 0 aliphatic carbocycles. The highest BCUT2D eigenvalue weighted by Crippen LogP contribution is 2.29. The molecule has 0 N–H and O–H groups in total. The van der Waals surface area contributed by atoms with Gasteiger partial charge in [-0.3, -0.25) is 4.79 Å². The molecule has 0 atom stereocenters. The number of aryl methyl sites for hydroxylation is 1. The molecule has 0 fully saturated rings. The van der Waals surface area contributed by atoms with Crippen molar-refractivity contribution in [3.05, 3.63) is 94.6 Å². The van der Waals surface area contributed by atoms with Crippen molar-refractivity contribution in [1.29, 1.82) is 0 Å². The summed E-state index contributed by atoms with van der Waals surface area (Å²) in [4.78, 5) is 15.0. The van der Waals surface area contributed by atoms with E-state index < -0.39 is 0 Å². The molecule has 136 valence electrons. The quantitative estimate of drug-likeness (QED) is 0.438. The van der Waals surface area contributed by atoms with Crippen LogP contribution in [-0.2, 0) is 13.1 Å². The molecule has 4 aromatic rings. The molecule has 0 aliphatic rings. The number of hydrogen-bond donors (Lipinski definition) is 0. The summed E-state index contributed by atoms with van der Waals surface area (Å²) in [5.41, 5.74) is 2.47. The lowest BCUT2D eigenvalue weighted by atomic mass is 10.1. The number of fused-ring (bicyclic) bond motifs is 1. The Morgan fingerprint density at radius 1 is 1.04 bits per heavy atom. The van der Waals surface area contributed by atoms with Crippen LogP contribution in [0.4, 0.5) is 0 Å². The fraction of sp³-hybridized carbons (Fsp3) is 0.136. The average Bonchev–Trinajstić information content (AvgIpc) is 3.30. The van der Waals surface area contributed by atoms with E-state index >= 15 is 0 Å². The Morgan fingerprint density at radius 3 is 2.59 bits per heavy atom. The van der Waals surface area contributed by atoms with Crippen LogP contribution in [-0.4, -0.2) is 10.8 Å². The largest absolute Gasteiger partial charge is 0.467 e. The van der Waals surface area contributed by atoms with Gasteiger partial charge in [0.15, 0.2) is 5.76 Å². The van der Waals surface area contributed by atoms with Gasteiger partial charge in [0.05, 0.1) is 12.8 Å². The Kier molecular flexibility index (Phi) is 4.73. The first-order valence-electron chi connectivity index (χ1n) is 8.66. The lowest BCUT2D eigenvalue weighted by Crippen LogP contribution is -2.30. The number of carbonyl (C=O) groups is 1. The van der Waals surface area contributed by atoms with Gasteiger partial charge in [0.25, 0.3) is 5.91 Å². The molecule has 0 saturated heterocycles. The fourth-order valence-electron chi connectivity index (χ4n) is 3.13. The highest BCUT2D eigenvalue weighted by Gasteiger charge is 2.24. The molecule has 4 nitrogen and oxygen atoms in total. The van der Waals surface area contributed by atoms with E-state index in [0.717, 1.165) is 22.3 Å². The van der Waals surface area contributed by atoms with Gasteiger partial charge in [-0.05, 0) is 42.8 Å². The van der Waals surface area contributed by atoms with E-state index in [1.165, 1.54) is 0 Å². The third kappa shape index (κ3) is 3.62. The second kappa shape index (κ2) is 7.33. The van der Waals surface area contributed by atoms with Crippen molar-refractivity contribution >= 4 is 28.5 Å². The lowest BCUT2D eigenvalue weighted by Gasteiger charge is -2.21. The van der Waals surface area contributed by atoms with E-state index in [0.29, 0.717) is 29.5 Å². The zero-order valence-corrected chi connectivity index (χ0v) is 15.6. The van der Waals surface area contributed by atoms with Crippen molar-refractivity contribution in [2.75, 3.05) is 0 Å². The molecule has 0 aliphatic heterocycles. The third-order valence-corrected chi connectivity index (χ3v) is 4.76. The molecule has 0 unspecified atom stereocenters. The molecule has 4 rings (SSSR count). The van der Waals surface area contributed by atoms with E-state index in [4.69, 9.17) is 20.4 Å². The Bertz CT molecular complexity index is 1070. The number of rotatable bonds is 5. The second-order valence-electron chi connectivity index (χ2n) is 6.42. The zero-order chi connectivity index (χ0) is 18.8. The fourth-order valence-corrected chi connectivity index (χ4v) is 3.31. The highest BCUT2D eigenvalue weighted by atomic mass is 35.5. The predicted molar refractivity (Wildman–Crippen MR) is 105 cm³/mol. The first kappa shape index (κ1) is 17.4. The molecule has 0 saturated carbocycles. The lowest BCUT2D eigenvalue weighted by molar-refractivity contribution is 0.0686. The second-order valence-corrected chi connectivity index (χ2v) is 6.86. The Hall–Kier alpha value is -2.98. The summed E-state index contributed by atoms with van der Waals surface area (Å²) in [7, 11) is 0. The first-order valence-corrected chi connectivity index (χ1v) is 9.04. The number of nitrogens with zero attached hydrogens (tertiary/aromatic N) is 1. The Morgan fingerprint density at radius 2 is 1.85 bits per heavy atom. The van der Waals surface area contributed by atoms with E-state index in [1.807, 2.05) is 55.5 Å². The summed E-state index contributed by atoms with van der Waals surface area (Å²) in [5.74, 6) is 0.867. The number of hydrogen-bond acceptors (Lipinski definition) is 3. The topological polar surface area (TPSA) is 46.6 Å². The van der Waals surface area contributed by atoms with Gasteiger partial charge < -0.3 is 13.7 Å². The monoisotopic (exact) mass is 379 g/mol. The summed E-state index contributed by atoms with van der Waals surface area (Å²) in [6, 6.07) is 18.9. The van der Waals surface area contributed by atoms with Gasteiger partial charge >= 0.3 is 0 Å². The van der Waals surface area contributed by atoms with Crippen molar-refractivity contribution in [1.82, 2.24) is 4.90 Å². The molecule has 0 radical (unpaired) electrons. The van der Waals surface area contributed by atoms with Crippen LogP contribution in [0.15, 0.2) is 75.8 Å². The van der Waals surface area contributed by atoms with E-state index in [1.54, 1.807) is 23.3 Å². The van der Waals surface area contributed by atoms with E-state index in [2.05, 4.69) is 0 Å². The summed E-state index contributed by atoms with van der Waals surface area (Å²) in [6.07, 6.45) is 1.61. The SMILES string of the molecule is Cc1c(C(=O)N(Cc2ccccc2)Cc2ccco2)oc2ccc(Cl)cc12. The van der Waals surface area contributed by atoms with Gasteiger partial charge in [-0.2, -0.15) is 0 Å². The van der Waals surface area contributed by atoms with Crippen LogP contribution < -0.4 is 0 Å². The molecule has 2 aromatic carbocycles. The van der Waals surface area contributed by atoms with Crippen LogP contribution in [0.1, 0.15) is 27.4 Å². The van der Waals surface area contributed by atoms with Crippen LogP contribution in [0.5, 0.6) is 0 Å². The molecular formula is C22H18ClNO3. The van der Waals surface area contributed by atoms with Gasteiger partial charge in [0.1, 0.15) is 11.3 Å². The number of furan rings is 2. The Balaban J connectivity index is 1.70. The number of amides is 1. The van der Waals surface area contributed by atoms with Crippen molar-refractivity contribution in [2.45, 2.75) is 20.0 Å². The minimum absolute atomic E-state index is 0.180. The van der Waals surface area contributed by atoms with Gasteiger partial charge in [-0.25, -0.2) is 0 Å². The van der Waals surface area contributed by atoms with Crippen LogP contribution in [0.3, 0.4) is 0 Å². The van der Waals surface area contributed by atoms with Gasteiger partial charge in [0.2, 0.25) is 0 Å². The molecule has 2 aromatic heterocycles. The molecule has 2 heterocycles. The summed E-state index contributed by atoms with van der Waals surface area (Å²) >= 11 is 6.09. The third-order valence-electron chi connectivity index (χ3n) is 4.52. The van der Waals surface area contributed by atoms with Crippen LogP contribution in [0.25, 0.3) is 11.0 Å². The van der Waals surface area contributed by atoms with E-state index in [-0.39, 0.29) is 5.91 Å². The molecule has 27 heavy (non-hydrogen) atoms. The van der Waals surface area contributed by atoms with Crippen LogP contribution in [0.2, 0.25) is 5.02 Å². The normalized spacial score (nSPS) is 11.0. The summed E-state index contributed by atoms with van der Waals surface area (Å²) in [6.45, 7) is 2.69. The Labute approximate surface area is 162 Å². The number of benzene rings is 2. The van der Waals surface area contributed by atoms with Crippen molar-refractivity contribution in [3.63, 3.8) is 0 Å². The summed E-state index contributed by atoms with van der Waals surface area (Å²) < 4.78 is 11.3. The van der Waals surface area contributed by atoms with Gasteiger partial charge in [-0.15, -0.1) is 0 Å². The molecular weight excluding hydrogens is 362 g/mol. The molecule has 1 amide bonds. The van der Waals surface area contributed by atoms with Crippen LogP contribution in [0, 0.1) is 6.92 Å². The smallest absolute Gasteiger partial charge is 0.290 e. The number of halogens is 1. The van der Waals surface area contributed by atoms with Gasteiger partial charge in [-0.1, -0.05) is 41.9 Å². The van der Waals surface area contributed by atoms with Crippen LogP contribution >= 0.6 is 11.6 Å². The van der Waals surface area contributed by atoms with E-state index in [9.17, 15) is 4.79 Å².